The van der Waals surface area contributed by atoms with E-state index in [1.54, 1.807) is 0 Å². The van der Waals surface area contributed by atoms with Crippen LogP contribution in [0.2, 0.25) is 0 Å². The summed E-state index contributed by atoms with van der Waals surface area (Å²) < 4.78 is 5.73. The molecule has 0 bridgehead atoms. The fourth-order valence-corrected chi connectivity index (χ4v) is 1.46. The smallest absolute Gasteiger partial charge is 0.234 e. The van der Waals surface area contributed by atoms with Crippen molar-refractivity contribution >= 4 is 5.91 Å². The Morgan fingerprint density at radius 3 is 2.78 bits per heavy atom. The topological polar surface area (TPSA) is 64.3 Å². The Hall–Kier alpha value is -1.55. The van der Waals surface area contributed by atoms with Crippen LogP contribution >= 0.6 is 0 Å². The Morgan fingerprint density at radius 2 is 2.11 bits per heavy atom. The summed E-state index contributed by atoms with van der Waals surface area (Å²) >= 11 is 0. The second kappa shape index (κ2) is 7.71. The Kier molecular flexibility index (Phi) is 6.22. The Bertz CT molecular complexity index is 378. The molecule has 0 fully saturated rings. The van der Waals surface area contributed by atoms with E-state index in [-0.39, 0.29) is 12.5 Å². The van der Waals surface area contributed by atoms with Crippen LogP contribution in [0.3, 0.4) is 0 Å². The highest BCUT2D eigenvalue weighted by Gasteiger charge is 2.05. The first-order valence-corrected chi connectivity index (χ1v) is 6.31. The van der Waals surface area contributed by atoms with Gasteiger partial charge in [0.2, 0.25) is 5.91 Å². The summed E-state index contributed by atoms with van der Waals surface area (Å²) in [5.41, 5.74) is 6.22. The zero-order valence-corrected chi connectivity index (χ0v) is 11.1. The SMILES string of the molecule is CC(C)CCOc1ccccc1CNC(=O)CN. The number of benzene rings is 1. The maximum Gasteiger partial charge on any atom is 0.234 e. The van der Waals surface area contributed by atoms with E-state index in [1.165, 1.54) is 0 Å². The monoisotopic (exact) mass is 250 g/mol. The molecule has 1 rings (SSSR count). The zero-order chi connectivity index (χ0) is 13.4. The van der Waals surface area contributed by atoms with Gasteiger partial charge in [-0.15, -0.1) is 0 Å². The first-order chi connectivity index (χ1) is 8.63. The van der Waals surface area contributed by atoms with Crippen molar-refractivity contribution in [3.63, 3.8) is 0 Å². The van der Waals surface area contributed by atoms with Crippen LogP contribution in [0, 0.1) is 5.92 Å². The number of nitrogens with one attached hydrogen (secondary N) is 1. The Balaban J connectivity index is 2.53. The van der Waals surface area contributed by atoms with E-state index in [9.17, 15) is 4.79 Å². The van der Waals surface area contributed by atoms with Crippen molar-refractivity contribution in [2.24, 2.45) is 11.7 Å². The average Bonchev–Trinajstić information content (AvgIpc) is 2.36. The lowest BCUT2D eigenvalue weighted by atomic mass is 10.1. The number of amides is 1. The van der Waals surface area contributed by atoms with Crippen molar-refractivity contribution in [3.8, 4) is 5.75 Å². The molecule has 1 amide bonds. The molecule has 0 spiro atoms. The van der Waals surface area contributed by atoms with Gasteiger partial charge in [-0.25, -0.2) is 0 Å². The van der Waals surface area contributed by atoms with E-state index in [4.69, 9.17) is 10.5 Å². The molecule has 0 aliphatic rings. The molecule has 1 aromatic rings. The minimum atomic E-state index is -0.160. The maximum atomic E-state index is 11.1. The van der Waals surface area contributed by atoms with Crippen LogP contribution < -0.4 is 15.8 Å². The molecule has 0 saturated carbocycles. The van der Waals surface area contributed by atoms with Gasteiger partial charge < -0.3 is 15.8 Å². The lowest BCUT2D eigenvalue weighted by molar-refractivity contribution is -0.119. The molecule has 0 aliphatic carbocycles. The molecule has 3 N–H and O–H groups in total. The molecule has 0 heterocycles. The molecular formula is C14H22N2O2. The highest BCUT2D eigenvalue weighted by atomic mass is 16.5. The highest BCUT2D eigenvalue weighted by Crippen LogP contribution is 2.18. The van der Waals surface area contributed by atoms with Gasteiger partial charge in [-0.1, -0.05) is 32.0 Å². The van der Waals surface area contributed by atoms with E-state index >= 15 is 0 Å². The van der Waals surface area contributed by atoms with Gasteiger partial charge >= 0.3 is 0 Å². The predicted molar refractivity (Wildman–Crippen MR) is 72.3 cm³/mol. The molecule has 0 radical (unpaired) electrons. The molecule has 0 aliphatic heterocycles. The molecule has 100 valence electrons. The summed E-state index contributed by atoms with van der Waals surface area (Å²) in [5, 5.41) is 2.74. The van der Waals surface area contributed by atoms with Gasteiger partial charge in [-0.05, 0) is 18.4 Å². The quantitative estimate of drug-likeness (QED) is 0.774. The third kappa shape index (κ3) is 5.19. The van der Waals surface area contributed by atoms with Gasteiger partial charge in [-0.3, -0.25) is 4.79 Å². The van der Waals surface area contributed by atoms with Gasteiger partial charge in [0, 0.05) is 12.1 Å². The Labute approximate surface area is 109 Å². The first-order valence-electron chi connectivity index (χ1n) is 6.31. The van der Waals surface area contributed by atoms with Crippen LogP contribution in [0.4, 0.5) is 0 Å². The number of nitrogens with two attached hydrogens (primary N) is 1. The minimum absolute atomic E-state index is 0.0103. The second-order valence-corrected chi connectivity index (χ2v) is 4.62. The van der Waals surface area contributed by atoms with Crippen LogP contribution in [0.25, 0.3) is 0 Å². The number of hydrogen-bond donors (Lipinski definition) is 2. The molecule has 0 atom stereocenters. The van der Waals surface area contributed by atoms with Crippen molar-refractivity contribution in [2.75, 3.05) is 13.2 Å². The van der Waals surface area contributed by atoms with E-state index in [0.29, 0.717) is 19.1 Å². The number of carbonyl (C=O) groups is 1. The third-order valence-corrected chi connectivity index (χ3v) is 2.59. The van der Waals surface area contributed by atoms with Crippen molar-refractivity contribution in [2.45, 2.75) is 26.8 Å². The summed E-state index contributed by atoms with van der Waals surface area (Å²) in [6.45, 7) is 5.48. The largest absolute Gasteiger partial charge is 0.493 e. The molecular weight excluding hydrogens is 228 g/mol. The van der Waals surface area contributed by atoms with Crippen molar-refractivity contribution in [1.82, 2.24) is 5.32 Å². The van der Waals surface area contributed by atoms with Crippen molar-refractivity contribution < 1.29 is 9.53 Å². The number of hydrogen-bond acceptors (Lipinski definition) is 3. The third-order valence-electron chi connectivity index (χ3n) is 2.59. The van der Waals surface area contributed by atoms with Crippen LogP contribution in [0.15, 0.2) is 24.3 Å². The normalized spacial score (nSPS) is 10.4. The molecule has 18 heavy (non-hydrogen) atoms. The van der Waals surface area contributed by atoms with Crippen LogP contribution in [0.1, 0.15) is 25.8 Å². The summed E-state index contributed by atoms with van der Waals surface area (Å²) in [7, 11) is 0. The van der Waals surface area contributed by atoms with E-state index in [2.05, 4.69) is 19.2 Å². The van der Waals surface area contributed by atoms with Crippen LogP contribution in [-0.2, 0) is 11.3 Å². The highest BCUT2D eigenvalue weighted by molar-refractivity contribution is 5.77. The molecule has 1 aromatic carbocycles. The summed E-state index contributed by atoms with van der Waals surface area (Å²) in [5.74, 6) is 1.29. The molecule has 0 saturated heterocycles. The van der Waals surface area contributed by atoms with Crippen molar-refractivity contribution in [3.05, 3.63) is 29.8 Å². The molecule has 4 nitrogen and oxygen atoms in total. The fraction of sp³-hybridized carbons (Fsp3) is 0.500. The standard InChI is InChI=1S/C14H22N2O2/c1-11(2)7-8-18-13-6-4-3-5-12(13)10-16-14(17)9-15/h3-6,11H,7-10,15H2,1-2H3,(H,16,17). The molecule has 4 heteroatoms. The number of para-hydroxylation sites is 1. The number of rotatable bonds is 7. The van der Waals surface area contributed by atoms with Gasteiger partial charge in [0.1, 0.15) is 5.75 Å². The second-order valence-electron chi connectivity index (χ2n) is 4.62. The van der Waals surface area contributed by atoms with E-state index in [1.807, 2.05) is 24.3 Å². The van der Waals surface area contributed by atoms with Crippen molar-refractivity contribution in [1.29, 1.82) is 0 Å². The van der Waals surface area contributed by atoms with Gasteiger partial charge in [0.25, 0.3) is 0 Å². The van der Waals surface area contributed by atoms with Crippen LogP contribution in [-0.4, -0.2) is 19.1 Å². The predicted octanol–water partition coefficient (Wildman–Crippen LogP) is 1.69. The maximum absolute atomic E-state index is 11.1. The summed E-state index contributed by atoms with van der Waals surface area (Å²) in [6.07, 6.45) is 1.02. The Morgan fingerprint density at radius 1 is 1.39 bits per heavy atom. The lowest BCUT2D eigenvalue weighted by Crippen LogP contribution is -2.29. The minimum Gasteiger partial charge on any atom is -0.493 e. The first kappa shape index (κ1) is 14.5. The molecule has 0 aromatic heterocycles. The van der Waals surface area contributed by atoms with Gasteiger partial charge in [0.15, 0.2) is 0 Å². The van der Waals surface area contributed by atoms with Crippen LogP contribution in [0.5, 0.6) is 5.75 Å². The summed E-state index contributed by atoms with van der Waals surface area (Å²) in [4.78, 5) is 11.1. The summed E-state index contributed by atoms with van der Waals surface area (Å²) in [6, 6.07) is 7.73. The molecule has 0 unspecified atom stereocenters. The zero-order valence-electron chi connectivity index (χ0n) is 11.1. The lowest BCUT2D eigenvalue weighted by Gasteiger charge is -2.12. The van der Waals surface area contributed by atoms with E-state index < -0.39 is 0 Å². The number of carbonyl (C=O) groups excluding carboxylic acids is 1. The average molecular weight is 250 g/mol. The fourth-order valence-electron chi connectivity index (χ4n) is 1.46. The van der Waals surface area contributed by atoms with E-state index in [0.717, 1.165) is 17.7 Å². The van der Waals surface area contributed by atoms with Gasteiger partial charge in [-0.2, -0.15) is 0 Å². The van der Waals surface area contributed by atoms with Gasteiger partial charge in [0.05, 0.1) is 13.2 Å². The number of ether oxygens (including phenoxy) is 1.